The van der Waals surface area contributed by atoms with Crippen LogP contribution in [-0.4, -0.2) is 35.0 Å². The van der Waals surface area contributed by atoms with E-state index in [0.29, 0.717) is 13.0 Å². The molecule has 1 N–H and O–H groups in total. The molecule has 0 spiro atoms. The van der Waals surface area contributed by atoms with Crippen molar-refractivity contribution in [1.82, 2.24) is 4.90 Å². The molecule has 0 aliphatic carbocycles. The number of halogens is 1. The molecule has 0 radical (unpaired) electrons. The van der Waals surface area contributed by atoms with Crippen molar-refractivity contribution in [2.24, 2.45) is 11.3 Å². The fourth-order valence-corrected chi connectivity index (χ4v) is 2.86. The van der Waals surface area contributed by atoms with E-state index in [2.05, 4.69) is 0 Å². The fourth-order valence-electron chi connectivity index (χ4n) is 2.86. The normalized spacial score (nSPS) is 21.9. The number of rotatable bonds is 3. The Labute approximate surface area is 123 Å². The largest absolute Gasteiger partial charge is 0.481 e. The van der Waals surface area contributed by atoms with Crippen LogP contribution in [0.1, 0.15) is 36.2 Å². The number of hydrogen-bond donors (Lipinski definition) is 1. The number of likely N-dealkylation sites (tertiary alicyclic amines) is 1. The Kier molecular flexibility index (Phi) is 4.03. The Bertz CT molecular complexity index is 585. The van der Waals surface area contributed by atoms with E-state index in [1.54, 1.807) is 13.0 Å². The van der Waals surface area contributed by atoms with E-state index in [1.165, 1.54) is 17.0 Å². The number of nitrogens with zero attached hydrogens (tertiary/aromatic N) is 1. The van der Waals surface area contributed by atoms with Gasteiger partial charge in [0.2, 0.25) is 0 Å². The smallest absolute Gasteiger partial charge is 0.311 e. The molecule has 1 saturated heterocycles. The lowest BCUT2D eigenvalue weighted by atomic mass is 9.76. The van der Waals surface area contributed by atoms with Crippen LogP contribution >= 0.6 is 0 Å². The summed E-state index contributed by atoms with van der Waals surface area (Å²) in [7, 11) is 0. The third-order valence-electron chi connectivity index (χ3n) is 4.47. The number of benzene rings is 1. The van der Waals surface area contributed by atoms with Crippen molar-refractivity contribution >= 4 is 11.9 Å². The number of carbonyl (C=O) groups is 2. The maximum absolute atomic E-state index is 13.9. The number of aryl methyl sites for hydroxylation is 1. The Morgan fingerprint density at radius 2 is 2.05 bits per heavy atom. The van der Waals surface area contributed by atoms with Gasteiger partial charge in [0.05, 0.1) is 11.0 Å². The second-order valence-electron chi connectivity index (χ2n) is 6.08. The van der Waals surface area contributed by atoms with Gasteiger partial charge in [0.15, 0.2) is 0 Å². The molecule has 1 unspecified atom stereocenters. The van der Waals surface area contributed by atoms with Crippen LogP contribution in [0.25, 0.3) is 0 Å². The molecule has 1 atom stereocenters. The first-order valence-electron chi connectivity index (χ1n) is 7.07. The molecule has 1 heterocycles. The molecule has 1 aromatic carbocycles. The summed E-state index contributed by atoms with van der Waals surface area (Å²) in [6.45, 7) is 5.91. The van der Waals surface area contributed by atoms with E-state index in [4.69, 9.17) is 0 Å². The fraction of sp³-hybridized carbons (Fsp3) is 0.500. The molecule has 1 aromatic rings. The minimum Gasteiger partial charge on any atom is -0.481 e. The number of amides is 1. The van der Waals surface area contributed by atoms with Gasteiger partial charge in [-0.3, -0.25) is 9.59 Å². The summed E-state index contributed by atoms with van der Waals surface area (Å²) in [4.78, 5) is 25.4. The minimum absolute atomic E-state index is 0.00513. The second kappa shape index (κ2) is 5.47. The molecule has 114 valence electrons. The highest BCUT2D eigenvalue weighted by Gasteiger charge is 2.48. The lowest BCUT2D eigenvalue weighted by molar-refractivity contribution is -0.150. The van der Waals surface area contributed by atoms with E-state index in [1.807, 2.05) is 13.8 Å². The second-order valence-corrected chi connectivity index (χ2v) is 6.08. The number of hydrogen-bond acceptors (Lipinski definition) is 2. The maximum Gasteiger partial charge on any atom is 0.311 e. The van der Waals surface area contributed by atoms with Crippen molar-refractivity contribution < 1.29 is 19.1 Å². The lowest BCUT2D eigenvalue weighted by Crippen LogP contribution is -2.40. The number of carbonyl (C=O) groups excluding carboxylic acids is 1. The van der Waals surface area contributed by atoms with E-state index in [9.17, 15) is 19.1 Å². The summed E-state index contributed by atoms with van der Waals surface area (Å²) in [5.41, 5.74) is -0.185. The van der Waals surface area contributed by atoms with Gasteiger partial charge in [-0.25, -0.2) is 4.39 Å². The molecule has 2 rings (SSSR count). The average molecular weight is 293 g/mol. The Balaban J connectivity index is 2.25. The molecule has 1 aliphatic heterocycles. The van der Waals surface area contributed by atoms with E-state index >= 15 is 0 Å². The zero-order chi connectivity index (χ0) is 15.8. The Morgan fingerprint density at radius 3 is 2.52 bits per heavy atom. The number of carboxylic acids is 1. The quantitative estimate of drug-likeness (QED) is 0.932. The zero-order valence-corrected chi connectivity index (χ0v) is 12.5. The molecular formula is C16H20FNO3. The molecule has 21 heavy (non-hydrogen) atoms. The first-order valence-corrected chi connectivity index (χ1v) is 7.07. The SMILES string of the molecule is Cc1ccc(C(=O)N2CCC(C(=O)O)(C(C)C)C2)c(F)c1. The minimum atomic E-state index is -0.934. The van der Waals surface area contributed by atoms with Gasteiger partial charge in [0, 0.05) is 13.1 Å². The molecular weight excluding hydrogens is 273 g/mol. The highest BCUT2D eigenvalue weighted by atomic mass is 19.1. The highest BCUT2D eigenvalue weighted by Crippen LogP contribution is 2.38. The lowest BCUT2D eigenvalue weighted by Gasteiger charge is -2.28. The van der Waals surface area contributed by atoms with E-state index in [-0.39, 0.29) is 18.0 Å². The highest BCUT2D eigenvalue weighted by molar-refractivity contribution is 5.95. The van der Waals surface area contributed by atoms with Crippen molar-refractivity contribution in [3.05, 3.63) is 35.1 Å². The third kappa shape index (κ3) is 2.64. The standard InChI is InChI=1S/C16H20FNO3/c1-10(2)16(15(20)21)6-7-18(9-16)14(19)12-5-4-11(3)8-13(12)17/h4-5,8,10H,6-7,9H2,1-3H3,(H,20,21). The molecule has 0 saturated carbocycles. The number of aliphatic carboxylic acids is 1. The van der Waals surface area contributed by atoms with Crippen molar-refractivity contribution in [2.75, 3.05) is 13.1 Å². The van der Waals surface area contributed by atoms with Crippen LogP contribution < -0.4 is 0 Å². The molecule has 4 nitrogen and oxygen atoms in total. The number of carboxylic acid groups (broad SMARTS) is 1. The van der Waals surface area contributed by atoms with Crippen LogP contribution in [0.2, 0.25) is 0 Å². The monoisotopic (exact) mass is 293 g/mol. The topological polar surface area (TPSA) is 57.6 Å². The molecule has 0 aromatic heterocycles. The molecule has 5 heteroatoms. The summed E-state index contributed by atoms with van der Waals surface area (Å²) in [6, 6.07) is 4.46. The zero-order valence-electron chi connectivity index (χ0n) is 12.5. The summed E-state index contributed by atoms with van der Waals surface area (Å²) < 4.78 is 13.9. The molecule has 1 aliphatic rings. The molecule has 1 fully saturated rings. The first-order chi connectivity index (χ1) is 9.78. The van der Waals surface area contributed by atoms with Crippen LogP contribution in [0, 0.1) is 24.1 Å². The molecule has 1 amide bonds. The van der Waals surface area contributed by atoms with Gasteiger partial charge < -0.3 is 10.0 Å². The summed E-state index contributed by atoms with van der Waals surface area (Å²) >= 11 is 0. The Morgan fingerprint density at radius 1 is 1.38 bits per heavy atom. The van der Waals surface area contributed by atoms with Crippen molar-refractivity contribution in [3.63, 3.8) is 0 Å². The van der Waals surface area contributed by atoms with Crippen molar-refractivity contribution in [2.45, 2.75) is 27.2 Å². The van der Waals surface area contributed by atoms with E-state index < -0.39 is 23.1 Å². The Hall–Kier alpha value is -1.91. The first kappa shape index (κ1) is 15.5. The maximum atomic E-state index is 13.9. The average Bonchev–Trinajstić information content (AvgIpc) is 2.84. The van der Waals surface area contributed by atoms with Crippen LogP contribution in [0.4, 0.5) is 4.39 Å². The predicted octanol–water partition coefficient (Wildman–Crippen LogP) is 2.71. The van der Waals surface area contributed by atoms with Gasteiger partial charge in [0.25, 0.3) is 5.91 Å². The molecule has 0 bridgehead atoms. The van der Waals surface area contributed by atoms with Gasteiger partial charge in [0.1, 0.15) is 5.82 Å². The van der Waals surface area contributed by atoms with Gasteiger partial charge >= 0.3 is 5.97 Å². The summed E-state index contributed by atoms with van der Waals surface area (Å²) in [6.07, 6.45) is 0.402. The van der Waals surface area contributed by atoms with Gasteiger partial charge in [-0.1, -0.05) is 19.9 Å². The summed E-state index contributed by atoms with van der Waals surface area (Å²) in [5, 5.41) is 9.48. The van der Waals surface area contributed by atoms with E-state index in [0.717, 1.165) is 5.56 Å². The van der Waals surface area contributed by atoms with Crippen molar-refractivity contribution in [1.29, 1.82) is 0 Å². The third-order valence-corrected chi connectivity index (χ3v) is 4.47. The van der Waals surface area contributed by atoms with Crippen LogP contribution in [0.3, 0.4) is 0 Å². The van der Waals surface area contributed by atoms with Gasteiger partial charge in [-0.15, -0.1) is 0 Å². The summed E-state index contributed by atoms with van der Waals surface area (Å²) in [5.74, 6) is -1.97. The predicted molar refractivity (Wildman–Crippen MR) is 76.6 cm³/mol. The van der Waals surface area contributed by atoms with Crippen molar-refractivity contribution in [3.8, 4) is 0 Å². The van der Waals surface area contributed by atoms with Crippen LogP contribution in [-0.2, 0) is 4.79 Å². The van der Waals surface area contributed by atoms with Gasteiger partial charge in [-0.05, 0) is 37.0 Å². The van der Waals surface area contributed by atoms with Crippen LogP contribution in [0.5, 0.6) is 0 Å². The van der Waals surface area contributed by atoms with Gasteiger partial charge in [-0.2, -0.15) is 0 Å². The van der Waals surface area contributed by atoms with Crippen LogP contribution in [0.15, 0.2) is 18.2 Å².